The van der Waals surface area contributed by atoms with Crippen molar-refractivity contribution in [3.8, 4) is 0 Å². The van der Waals surface area contributed by atoms with E-state index in [1.54, 1.807) is 0 Å². The third-order valence-corrected chi connectivity index (χ3v) is 3.76. The van der Waals surface area contributed by atoms with Crippen LogP contribution < -0.4 is 16.4 Å². The first kappa shape index (κ1) is 17.4. The number of nitrogens with zero attached hydrogens (tertiary/aromatic N) is 2. The maximum absolute atomic E-state index is 12.8. The fraction of sp³-hybridized carbons (Fsp3) is 0.600. The molecule has 1 aliphatic carbocycles. The van der Waals surface area contributed by atoms with Crippen LogP contribution in [0.25, 0.3) is 0 Å². The van der Waals surface area contributed by atoms with Crippen molar-refractivity contribution in [2.45, 2.75) is 44.3 Å². The first-order valence-corrected chi connectivity index (χ1v) is 7.79. The summed E-state index contributed by atoms with van der Waals surface area (Å²) in [6, 6.07) is 2.61. The van der Waals surface area contributed by atoms with Gasteiger partial charge in [0, 0.05) is 18.8 Å². The van der Waals surface area contributed by atoms with E-state index in [0.29, 0.717) is 12.0 Å². The van der Waals surface area contributed by atoms with Gasteiger partial charge in [-0.15, -0.1) is 0 Å². The largest absolute Gasteiger partial charge is 0.419 e. The summed E-state index contributed by atoms with van der Waals surface area (Å²) in [5, 5.41) is 5.81. The van der Waals surface area contributed by atoms with Crippen LogP contribution in [0.1, 0.15) is 37.7 Å². The lowest BCUT2D eigenvalue weighted by Gasteiger charge is -2.23. The van der Waals surface area contributed by atoms with Crippen LogP contribution in [0.3, 0.4) is 0 Å². The van der Waals surface area contributed by atoms with Crippen molar-refractivity contribution in [2.75, 3.05) is 18.4 Å². The van der Waals surface area contributed by atoms with Crippen LogP contribution in [0, 0.1) is 0 Å². The van der Waals surface area contributed by atoms with Crippen LogP contribution in [-0.4, -0.2) is 30.1 Å². The second kappa shape index (κ2) is 8.03. The first-order chi connectivity index (χ1) is 11.0. The Morgan fingerprint density at radius 3 is 2.74 bits per heavy atom. The Hall–Kier alpha value is -1.99. The van der Waals surface area contributed by atoms with Gasteiger partial charge in [-0.2, -0.15) is 13.2 Å². The summed E-state index contributed by atoms with van der Waals surface area (Å²) in [5.41, 5.74) is 5.02. The standard InChI is InChI=1S/C15H22F3N5/c16-15(17,18)12-7-4-8-20-13(12)21-9-10-22-14(19)23-11-5-2-1-3-6-11/h4,7-8,11H,1-3,5-6,9-10H2,(H,20,21)(H3,19,22,23). The van der Waals surface area contributed by atoms with Crippen molar-refractivity contribution in [1.29, 1.82) is 0 Å². The third-order valence-electron chi connectivity index (χ3n) is 3.76. The van der Waals surface area contributed by atoms with Gasteiger partial charge < -0.3 is 16.4 Å². The van der Waals surface area contributed by atoms with Gasteiger partial charge in [-0.25, -0.2) is 4.98 Å². The Bertz CT molecular complexity index is 524. The highest BCUT2D eigenvalue weighted by atomic mass is 19.4. The highest BCUT2D eigenvalue weighted by Crippen LogP contribution is 2.33. The fourth-order valence-electron chi connectivity index (χ4n) is 2.63. The molecule has 0 aromatic carbocycles. The quantitative estimate of drug-likeness (QED) is 0.441. The van der Waals surface area contributed by atoms with E-state index in [4.69, 9.17) is 5.73 Å². The second-order valence-electron chi connectivity index (χ2n) is 5.57. The molecule has 0 aliphatic heterocycles. The molecule has 1 fully saturated rings. The van der Waals surface area contributed by atoms with E-state index >= 15 is 0 Å². The van der Waals surface area contributed by atoms with Crippen molar-refractivity contribution in [2.24, 2.45) is 10.7 Å². The zero-order chi connectivity index (χ0) is 16.7. The molecule has 0 amide bonds. The smallest absolute Gasteiger partial charge is 0.370 e. The molecule has 1 aromatic heterocycles. The van der Waals surface area contributed by atoms with E-state index in [9.17, 15) is 13.2 Å². The molecule has 8 heteroatoms. The van der Waals surface area contributed by atoms with Crippen LogP contribution in [0.4, 0.5) is 19.0 Å². The summed E-state index contributed by atoms with van der Waals surface area (Å²) in [6.45, 7) is 0.507. The molecule has 1 aromatic rings. The Labute approximate surface area is 133 Å². The molecular formula is C15H22F3N5. The summed E-state index contributed by atoms with van der Waals surface area (Å²) in [6.07, 6.45) is 2.68. The summed E-state index contributed by atoms with van der Waals surface area (Å²) in [4.78, 5) is 7.87. The molecule has 1 heterocycles. The van der Waals surface area contributed by atoms with E-state index in [0.717, 1.165) is 18.9 Å². The van der Waals surface area contributed by atoms with Crippen molar-refractivity contribution in [3.63, 3.8) is 0 Å². The molecule has 0 saturated heterocycles. The highest BCUT2D eigenvalue weighted by Gasteiger charge is 2.33. The van der Waals surface area contributed by atoms with Gasteiger partial charge in [0.1, 0.15) is 5.82 Å². The minimum atomic E-state index is -4.43. The van der Waals surface area contributed by atoms with Crippen molar-refractivity contribution < 1.29 is 13.2 Å². The minimum Gasteiger partial charge on any atom is -0.370 e. The Morgan fingerprint density at radius 1 is 1.30 bits per heavy atom. The lowest BCUT2D eigenvalue weighted by Crippen LogP contribution is -2.41. The number of hydrogen-bond acceptors (Lipinski definition) is 3. The molecule has 23 heavy (non-hydrogen) atoms. The van der Waals surface area contributed by atoms with Gasteiger partial charge in [0.25, 0.3) is 0 Å². The van der Waals surface area contributed by atoms with E-state index in [-0.39, 0.29) is 18.9 Å². The van der Waals surface area contributed by atoms with Crippen LogP contribution in [0.5, 0.6) is 0 Å². The molecule has 2 rings (SSSR count). The number of anilines is 1. The van der Waals surface area contributed by atoms with Gasteiger partial charge in [-0.3, -0.25) is 4.99 Å². The third kappa shape index (κ3) is 5.61. The Morgan fingerprint density at radius 2 is 2.04 bits per heavy atom. The zero-order valence-corrected chi connectivity index (χ0v) is 12.9. The number of halogens is 3. The number of pyridine rings is 1. The van der Waals surface area contributed by atoms with Crippen molar-refractivity contribution in [1.82, 2.24) is 10.3 Å². The fourth-order valence-corrected chi connectivity index (χ4v) is 2.63. The Balaban J connectivity index is 1.79. The molecule has 5 nitrogen and oxygen atoms in total. The zero-order valence-electron chi connectivity index (χ0n) is 12.9. The van der Waals surface area contributed by atoms with Gasteiger partial charge in [0.2, 0.25) is 0 Å². The molecule has 0 bridgehead atoms. The SMILES string of the molecule is NC(=NCCNc1ncccc1C(F)(F)F)NC1CCCCC1. The summed E-state index contributed by atoms with van der Waals surface area (Å²) in [7, 11) is 0. The monoisotopic (exact) mass is 329 g/mol. The summed E-state index contributed by atoms with van der Waals surface area (Å²) < 4.78 is 38.4. The van der Waals surface area contributed by atoms with Gasteiger partial charge in [0.15, 0.2) is 5.96 Å². The van der Waals surface area contributed by atoms with Crippen LogP contribution in [0.2, 0.25) is 0 Å². The average Bonchev–Trinajstić information content (AvgIpc) is 2.52. The van der Waals surface area contributed by atoms with Gasteiger partial charge in [0.05, 0.1) is 12.1 Å². The maximum Gasteiger partial charge on any atom is 0.419 e. The average molecular weight is 329 g/mol. The highest BCUT2D eigenvalue weighted by molar-refractivity contribution is 5.78. The number of rotatable bonds is 5. The second-order valence-corrected chi connectivity index (χ2v) is 5.57. The van der Waals surface area contributed by atoms with E-state index in [2.05, 4.69) is 20.6 Å². The van der Waals surface area contributed by atoms with Crippen molar-refractivity contribution >= 4 is 11.8 Å². The number of hydrogen-bond donors (Lipinski definition) is 3. The minimum absolute atomic E-state index is 0.186. The van der Waals surface area contributed by atoms with E-state index in [1.807, 2.05) is 0 Å². The molecular weight excluding hydrogens is 307 g/mol. The first-order valence-electron chi connectivity index (χ1n) is 7.79. The lowest BCUT2D eigenvalue weighted by atomic mass is 9.96. The molecule has 0 atom stereocenters. The molecule has 0 spiro atoms. The van der Waals surface area contributed by atoms with Gasteiger partial charge in [-0.1, -0.05) is 19.3 Å². The number of nitrogens with two attached hydrogens (primary N) is 1. The summed E-state index contributed by atoms with van der Waals surface area (Å²) in [5.74, 6) is 0.157. The molecule has 4 N–H and O–H groups in total. The topological polar surface area (TPSA) is 75.3 Å². The maximum atomic E-state index is 12.8. The number of aromatic nitrogens is 1. The summed E-state index contributed by atoms with van der Waals surface area (Å²) >= 11 is 0. The molecule has 1 aliphatic rings. The van der Waals surface area contributed by atoms with E-state index in [1.165, 1.54) is 31.5 Å². The van der Waals surface area contributed by atoms with Gasteiger partial charge >= 0.3 is 6.18 Å². The van der Waals surface area contributed by atoms with Crippen LogP contribution in [0.15, 0.2) is 23.3 Å². The van der Waals surface area contributed by atoms with E-state index < -0.39 is 11.7 Å². The predicted molar refractivity (Wildman–Crippen MR) is 84.2 cm³/mol. The molecule has 0 unspecified atom stereocenters. The predicted octanol–water partition coefficient (Wildman–Crippen LogP) is 2.75. The Kier molecular flexibility index (Phi) is 6.06. The normalized spacial score (nSPS) is 17.1. The van der Waals surface area contributed by atoms with Crippen LogP contribution >= 0.6 is 0 Å². The van der Waals surface area contributed by atoms with Crippen molar-refractivity contribution in [3.05, 3.63) is 23.9 Å². The molecule has 128 valence electrons. The number of nitrogens with one attached hydrogen (secondary N) is 2. The lowest BCUT2D eigenvalue weighted by molar-refractivity contribution is -0.137. The molecule has 0 radical (unpaired) electrons. The number of guanidine groups is 1. The number of aliphatic imine (C=N–C) groups is 1. The number of alkyl halides is 3. The van der Waals surface area contributed by atoms with Crippen LogP contribution in [-0.2, 0) is 6.18 Å². The molecule has 1 saturated carbocycles. The van der Waals surface area contributed by atoms with Gasteiger partial charge in [-0.05, 0) is 25.0 Å².